The van der Waals surface area contributed by atoms with Crippen LogP contribution in [0.5, 0.6) is 0 Å². The zero-order chi connectivity index (χ0) is 24.5. The number of piperidine rings is 1. The Morgan fingerprint density at radius 1 is 1.20 bits per heavy atom. The first-order valence-electron chi connectivity index (χ1n) is 11.3. The molecule has 10 nitrogen and oxygen atoms in total. The fourth-order valence-corrected chi connectivity index (χ4v) is 4.45. The van der Waals surface area contributed by atoms with E-state index in [0.717, 1.165) is 22.2 Å². The molecule has 11 heteroatoms. The van der Waals surface area contributed by atoms with E-state index in [1.807, 2.05) is 36.9 Å². The molecule has 1 aliphatic heterocycles. The highest BCUT2D eigenvalue weighted by Crippen LogP contribution is 2.30. The summed E-state index contributed by atoms with van der Waals surface area (Å²) in [4.78, 5) is 35.1. The van der Waals surface area contributed by atoms with E-state index in [9.17, 15) is 9.59 Å². The summed E-state index contributed by atoms with van der Waals surface area (Å²) in [5, 5.41) is 12.8. The van der Waals surface area contributed by atoms with Crippen LogP contribution in [0.2, 0.25) is 5.02 Å². The van der Waals surface area contributed by atoms with Crippen LogP contribution in [0.4, 0.5) is 0 Å². The minimum Gasteiger partial charge on any atom is -0.342 e. The van der Waals surface area contributed by atoms with Crippen molar-refractivity contribution in [1.29, 1.82) is 0 Å². The summed E-state index contributed by atoms with van der Waals surface area (Å²) in [5.41, 5.74) is 3.07. The number of hydrogen-bond donors (Lipinski definition) is 1. The lowest BCUT2D eigenvalue weighted by Gasteiger charge is -2.30. The number of carbonyl (C=O) groups excluding carboxylic acids is 2. The number of hydrogen-bond acceptors (Lipinski definition) is 7. The largest absolute Gasteiger partial charge is 0.342 e. The Kier molecular flexibility index (Phi) is 6.21. The van der Waals surface area contributed by atoms with E-state index in [1.165, 1.54) is 12.3 Å². The minimum absolute atomic E-state index is 0.0795. The van der Waals surface area contributed by atoms with Crippen molar-refractivity contribution in [3.05, 3.63) is 58.8 Å². The quantitative estimate of drug-likeness (QED) is 0.453. The van der Waals surface area contributed by atoms with Crippen LogP contribution in [0.1, 0.15) is 40.8 Å². The van der Waals surface area contributed by atoms with Gasteiger partial charge >= 0.3 is 0 Å². The second-order valence-corrected chi connectivity index (χ2v) is 9.03. The standard InChI is InChI=1S/C24H24ClN7O3/c1-14-18-5-3-16(11-20(18)31(2)29-14)22-28-24(35-30-22)15-7-9-32(10-8-15)21(33)13-27-23(34)19-6-4-17(25)12-26-19/h3-6,11-12,15H,7-10,13H2,1-2H3,(H,27,34). The highest BCUT2D eigenvalue weighted by molar-refractivity contribution is 6.30. The summed E-state index contributed by atoms with van der Waals surface area (Å²) in [7, 11) is 1.91. The summed E-state index contributed by atoms with van der Waals surface area (Å²) < 4.78 is 7.42. The number of aryl methyl sites for hydroxylation is 2. The normalized spacial score (nSPS) is 14.4. The summed E-state index contributed by atoms with van der Waals surface area (Å²) in [6, 6.07) is 9.11. The van der Waals surface area contributed by atoms with Crippen molar-refractivity contribution in [3.8, 4) is 11.4 Å². The van der Waals surface area contributed by atoms with Crippen LogP contribution in [0, 0.1) is 6.92 Å². The minimum atomic E-state index is -0.414. The van der Waals surface area contributed by atoms with Crippen molar-refractivity contribution >= 4 is 34.3 Å². The van der Waals surface area contributed by atoms with Crippen molar-refractivity contribution in [2.24, 2.45) is 7.05 Å². The third-order valence-electron chi connectivity index (χ3n) is 6.29. The molecule has 35 heavy (non-hydrogen) atoms. The number of likely N-dealkylation sites (tertiary alicyclic amines) is 1. The predicted octanol–water partition coefficient (Wildman–Crippen LogP) is 3.12. The molecule has 0 unspecified atom stereocenters. The second kappa shape index (κ2) is 9.46. The molecular formula is C24H24ClN7O3. The van der Waals surface area contributed by atoms with Gasteiger partial charge in [0.15, 0.2) is 0 Å². The third kappa shape index (κ3) is 4.74. The van der Waals surface area contributed by atoms with Crippen LogP contribution < -0.4 is 5.32 Å². The second-order valence-electron chi connectivity index (χ2n) is 8.60. The number of nitrogens with one attached hydrogen (secondary N) is 1. The van der Waals surface area contributed by atoms with Gasteiger partial charge in [-0.15, -0.1) is 0 Å². The van der Waals surface area contributed by atoms with Gasteiger partial charge < -0.3 is 14.7 Å². The molecule has 180 valence electrons. The van der Waals surface area contributed by atoms with E-state index in [4.69, 9.17) is 16.1 Å². The van der Waals surface area contributed by atoms with E-state index >= 15 is 0 Å². The average molecular weight is 494 g/mol. The zero-order valence-corrected chi connectivity index (χ0v) is 20.1. The van der Waals surface area contributed by atoms with Crippen LogP contribution in [-0.2, 0) is 11.8 Å². The van der Waals surface area contributed by atoms with Gasteiger partial charge in [-0.25, -0.2) is 4.98 Å². The molecular weight excluding hydrogens is 470 g/mol. The molecule has 0 radical (unpaired) electrons. The Balaban J connectivity index is 1.16. The Labute approximate surface area is 206 Å². The van der Waals surface area contributed by atoms with Gasteiger partial charge in [0.2, 0.25) is 17.6 Å². The van der Waals surface area contributed by atoms with E-state index < -0.39 is 5.91 Å². The van der Waals surface area contributed by atoms with Gasteiger partial charge in [-0.1, -0.05) is 28.9 Å². The number of nitrogens with zero attached hydrogens (tertiary/aromatic N) is 6. The Morgan fingerprint density at radius 2 is 2.00 bits per heavy atom. The summed E-state index contributed by atoms with van der Waals surface area (Å²) in [6.07, 6.45) is 2.81. The molecule has 1 N–H and O–H groups in total. The number of carbonyl (C=O) groups is 2. The Hall–Kier alpha value is -3.79. The van der Waals surface area contributed by atoms with Crippen LogP contribution in [0.25, 0.3) is 22.3 Å². The molecule has 4 aromatic rings. The number of benzene rings is 1. The fraction of sp³-hybridized carbons (Fsp3) is 0.333. The highest BCUT2D eigenvalue weighted by Gasteiger charge is 2.28. The van der Waals surface area contributed by atoms with Crippen molar-refractivity contribution in [2.75, 3.05) is 19.6 Å². The zero-order valence-electron chi connectivity index (χ0n) is 19.4. The van der Waals surface area contributed by atoms with Gasteiger partial charge in [0.1, 0.15) is 5.69 Å². The molecule has 0 aliphatic carbocycles. The van der Waals surface area contributed by atoms with Gasteiger partial charge in [0.25, 0.3) is 5.91 Å². The van der Waals surface area contributed by atoms with E-state index in [2.05, 4.69) is 25.5 Å². The van der Waals surface area contributed by atoms with Crippen LogP contribution >= 0.6 is 11.6 Å². The van der Waals surface area contributed by atoms with E-state index in [-0.39, 0.29) is 24.1 Å². The summed E-state index contributed by atoms with van der Waals surface area (Å²) in [6.45, 7) is 3.00. The molecule has 0 saturated carbocycles. The number of aromatic nitrogens is 5. The lowest BCUT2D eigenvalue weighted by molar-refractivity contribution is -0.131. The topological polar surface area (TPSA) is 119 Å². The van der Waals surface area contributed by atoms with E-state index in [1.54, 1.807) is 11.0 Å². The van der Waals surface area contributed by atoms with Crippen molar-refractivity contribution in [3.63, 3.8) is 0 Å². The Morgan fingerprint density at radius 3 is 2.74 bits per heavy atom. The monoisotopic (exact) mass is 493 g/mol. The fourth-order valence-electron chi connectivity index (χ4n) is 4.34. The number of pyridine rings is 1. The van der Waals surface area contributed by atoms with Crippen LogP contribution in [-0.4, -0.2) is 61.3 Å². The summed E-state index contributed by atoms with van der Waals surface area (Å²) >= 11 is 5.79. The van der Waals surface area contributed by atoms with Gasteiger partial charge in [-0.2, -0.15) is 10.1 Å². The Bertz CT molecular complexity index is 1390. The molecule has 0 spiro atoms. The molecule has 0 atom stereocenters. The van der Waals surface area contributed by atoms with Gasteiger partial charge in [-0.05, 0) is 38.0 Å². The predicted molar refractivity (Wildman–Crippen MR) is 129 cm³/mol. The van der Waals surface area contributed by atoms with E-state index in [0.29, 0.717) is 42.7 Å². The maximum Gasteiger partial charge on any atom is 0.270 e. The number of halogens is 1. The lowest BCUT2D eigenvalue weighted by Crippen LogP contribution is -2.43. The molecule has 1 saturated heterocycles. The molecule has 0 bridgehead atoms. The number of amides is 2. The summed E-state index contributed by atoms with van der Waals surface area (Å²) in [5.74, 6) is 0.642. The van der Waals surface area contributed by atoms with Crippen LogP contribution in [0.3, 0.4) is 0 Å². The first-order valence-corrected chi connectivity index (χ1v) is 11.7. The molecule has 5 rings (SSSR count). The number of fused-ring (bicyclic) bond motifs is 1. The van der Waals surface area contributed by atoms with Crippen molar-refractivity contribution < 1.29 is 14.1 Å². The molecule has 1 aromatic carbocycles. The highest BCUT2D eigenvalue weighted by atomic mass is 35.5. The van der Waals surface area contributed by atoms with Gasteiger partial charge in [-0.3, -0.25) is 14.3 Å². The van der Waals surface area contributed by atoms with Gasteiger partial charge in [0, 0.05) is 43.2 Å². The number of rotatable bonds is 5. The molecule has 2 amide bonds. The first-order chi connectivity index (χ1) is 16.9. The average Bonchev–Trinajstić information content (AvgIpc) is 3.47. The lowest BCUT2D eigenvalue weighted by atomic mass is 9.96. The first kappa shape index (κ1) is 23.0. The SMILES string of the molecule is Cc1nn(C)c2cc(-c3noc(C4CCN(C(=O)CNC(=O)c5ccc(Cl)cn5)CC4)n3)ccc12. The maximum atomic E-state index is 12.6. The molecule has 1 aliphatic rings. The van der Waals surface area contributed by atoms with Crippen LogP contribution in [0.15, 0.2) is 41.1 Å². The van der Waals surface area contributed by atoms with Crippen molar-refractivity contribution in [1.82, 2.24) is 35.1 Å². The maximum absolute atomic E-state index is 12.6. The van der Waals surface area contributed by atoms with Gasteiger partial charge in [0.05, 0.1) is 22.8 Å². The molecule has 3 aromatic heterocycles. The third-order valence-corrected chi connectivity index (χ3v) is 6.52. The van der Waals surface area contributed by atoms with Crippen molar-refractivity contribution in [2.45, 2.75) is 25.7 Å². The molecule has 4 heterocycles. The molecule has 1 fully saturated rings. The smallest absolute Gasteiger partial charge is 0.270 e.